The molecule has 0 unspecified atom stereocenters. The summed E-state index contributed by atoms with van der Waals surface area (Å²) in [6.45, 7) is 2.11. The Morgan fingerprint density at radius 3 is 2.54 bits per heavy atom. The third kappa shape index (κ3) is 4.16. The molecule has 0 aliphatic rings. The Morgan fingerprint density at radius 1 is 1.21 bits per heavy atom. The number of amides is 1. The van der Waals surface area contributed by atoms with Gasteiger partial charge in [-0.3, -0.25) is 4.79 Å². The molecule has 0 radical (unpaired) electrons. The van der Waals surface area contributed by atoms with Gasteiger partial charge in [0.25, 0.3) is 0 Å². The third-order valence-corrected chi connectivity index (χ3v) is 5.72. The van der Waals surface area contributed by atoms with Crippen LogP contribution in [0.2, 0.25) is 8.67 Å². The first-order valence-corrected chi connectivity index (χ1v) is 9.78. The minimum atomic E-state index is -0.0883. The summed E-state index contributed by atoms with van der Waals surface area (Å²) >= 11 is 14.8. The topological polar surface area (TPSA) is 42.0 Å². The number of hydrogen-bond donors (Lipinski definition) is 1. The lowest BCUT2D eigenvalue weighted by molar-refractivity contribution is -0.115. The second-order valence-electron chi connectivity index (χ2n) is 5.17. The standard InChI is InChI=1S/C17H14Cl2N2OS2/c1-2-10-3-5-11(6-4-10)7-15(22)21-17-20-13(9-23-17)12-8-14(18)24-16(12)19/h3-6,8-9H,2,7H2,1H3,(H,20,21,22). The number of carbonyl (C=O) groups is 1. The van der Waals surface area contributed by atoms with Crippen molar-refractivity contribution in [2.75, 3.05) is 5.32 Å². The van der Waals surface area contributed by atoms with E-state index in [-0.39, 0.29) is 5.91 Å². The fourth-order valence-electron chi connectivity index (χ4n) is 2.21. The highest BCUT2D eigenvalue weighted by atomic mass is 35.5. The number of rotatable bonds is 5. The molecule has 0 saturated heterocycles. The summed E-state index contributed by atoms with van der Waals surface area (Å²) in [5.41, 5.74) is 3.75. The van der Waals surface area contributed by atoms with Crippen molar-refractivity contribution in [2.45, 2.75) is 19.8 Å². The molecule has 0 bridgehead atoms. The van der Waals surface area contributed by atoms with Crippen LogP contribution in [-0.4, -0.2) is 10.9 Å². The van der Waals surface area contributed by atoms with E-state index in [1.54, 1.807) is 6.07 Å². The van der Waals surface area contributed by atoms with Gasteiger partial charge >= 0.3 is 0 Å². The first kappa shape index (κ1) is 17.4. The van der Waals surface area contributed by atoms with Gasteiger partial charge in [0.1, 0.15) is 4.34 Å². The van der Waals surface area contributed by atoms with Crippen LogP contribution in [0.15, 0.2) is 35.7 Å². The molecular formula is C17H14Cl2N2OS2. The van der Waals surface area contributed by atoms with Crippen LogP contribution in [0, 0.1) is 0 Å². The summed E-state index contributed by atoms with van der Waals surface area (Å²) in [7, 11) is 0. The SMILES string of the molecule is CCc1ccc(CC(=O)Nc2nc(-c3cc(Cl)sc3Cl)cs2)cc1. The van der Waals surface area contributed by atoms with Crippen LogP contribution >= 0.6 is 45.9 Å². The lowest BCUT2D eigenvalue weighted by Gasteiger charge is -2.03. The van der Waals surface area contributed by atoms with Gasteiger partial charge in [0.05, 0.1) is 16.5 Å². The van der Waals surface area contributed by atoms with Crippen molar-refractivity contribution >= 4 is 56.9 Å². The summed E-state index contributed by atoms with van der Waals surface area (Å²) in [5, 5.41) is 5.24. The molecule has 3 rings (SSSR count). The largest absolute Gasteiger partial charge is 0.302 e. The maximum absolute atomic E-state index is 12.2. The smallest absolute Gasteiger partial charge is 0.230 e. The second-order valence-corrected chi connectivity index (χ2v) is 8.31. The van der Waals surface area contributed by atoms with Gasteiger partial charge < -0.3 is 5.32 Å². The highest BCUT2D eigenvalue weighted by Crippen LogP contribution is 2.38. The third-order valence-electron chi connectivity index (χ3n) is 3.48. The van der Waals surface area contributed by atoms with Crippen molar-refractivity contribution in [1.29, 1.82) is 0 Å². The molecule has 3 aromatic rings. The number of thiazole rings is 1. The van der Waals surface area contributed by atoms with Crippen molar-refractivity contribution in [1.82, 2.24) is 4.98 Å². The molecule has 0 fully saturated rings. The number of aromatic nitrogens is 1. The number of anilines is 1. The number of nitrogens with one attached hydrogen (secondary N) is 1. The van der Waals surface area contributed by atoms with Gasteiger partial charge in [0.2, 0.25) is 5.91 Å². The molecule has 0 aliphatic heterocycles. The zero-order valence-corrected chi connectivity index (χ0v) is 16.0. The summed E-state index contributed by atoms with van der Waals surface area (Å²) in [6, 6.07) is 9.85. The minimum absolute atomic E-state index is 0.0883. The van der Waals surface area contributed by atoms with E-state index in [4.69, 9.17) is 23.2 Å². The molecule has 2 aromatic heterocycles. The van der Waals surface area contributed by atoms with Crippen molar-refractivity contribution < 1.29 is 4.79 Å². The number of hydrogen-bond acceptors (Lipinski definition) is 4. The molecule has 24 heavy (non-hydrogen) atoms. The molecule has 0 atom stereocenters. The van der Waals surface area contributed by atoms with Gasteiger partial charge in [-0.05, 0) is 23.6 Å². The summed E-state index contributed by atoms with van der Waals surface area (Å²) in [4.78, 5) is 16.6. The molecule has 1 N–H and O–H groups in total. The molecule has 1 amide bonds. The zero-order valence-electron chi connectivity index (χ0n) is 12.8. The Hall–Kier alpha value is -1.40. The van der Waals surface area contributed by atoms with Gasteiger partial charge in [-0.25, -0.2) is 4.98 Å². The number of benzene rings is 1. The Morgan fingerprint density at radius 2 is 1.92 bits per heavy atom. The molecule has 124 valence electrons. The van der Waals surface area contributed by atoms with E-state index < -0.39 is 0 Å². The van der Waals surface area contributed by atoms with Gasteiger partial charge in [0, 0.05) is 10.9 Å². The number of thiophene rings is 1. The fraction of sp³-hybridized carbons (Fsp3) is 0.176. The predicted octanol–water partition coefficient (Wildman–Crippen LogP) is 5.92. The molecule has 0 spiro atoms. The zero-order chi connectivity index (χ0) is 17.1. The normalized spacial score (nSPS) is 10.8. The Bertz CT molecular complexity index is 856. The maximum atomic E-state index is 12.2. The van der Waals surface area contributed by atoms with Crippen LogP contribution in [0.25, 0.3) is 11.3 Å². The average molecular weight is 397 g/mol. The van der Waals surface area contributed by atoms with Crippen molar-refractivity contribution in [2.24, 2.45) is 0 Å². The summed E-state index contributed by atoms with van der Waals surface area (Å²) in [6.07, 6.45) is 1.31. The molecule has 7 heteroatoms. The second kappa shape index (κ2) is 7.66. The van der Waals surface area contributed by atoms with E-state index in [0.717, 1.165) is 23.2 Å². The van der Waals surface area contributed by atoms with E-state index >= 15 is 0 Å². The van der Waals surface area contributed by atoms with Gasteiger partial charge in [0.15, 0.2) is 5.13 Å². The van der Waals surface area contributed by atoms with Crippen LogP contribution in [0.3, 0.4) is 0 Å². The van der Waals surface area contributed by atoms with Gasteiger partial charge in [-0.1, -0.05) is 54.4 Å². The molecule has 2 heterocycles. The lowest BCUT2D eigenvalue weighted by atomic mass is 10.1. The van der Waals surface area contributed by atoms with E-state index in [9.17, 15) is 4.79 Å². The Balaban J connectivity index is 1.65. The number of halogens is 2. The Labute approximate surface area is 158 Å². The van der Waals surface area contributed by atoms with E-state index in [1.807, 2.05) is 29.6 Å². The first-order valence-electron chi connectivity index (χ1n) is 7.33. The summed E-state index contributed by atoms with van der Waals surface area (Å²) < 4.78 is 1.21. The van der Waals surface area contributed by atoms with E-state index in [2.05, 4.69) is 17.2 Å². The molecule has 1 aromatic carbocycles. The molecule has 3 nitrogen and oxygen atoms in total. The highest BCUT2D eigenvalue weighted by molar-refractivity contribution is 7.20. The van der Waals surface area contributed by atoms with Gasteiger partial charge in [-0.15, -0.1) is 22.7 Å². The van der Waals surface area contributed by atoms with Crippen LogP contribution in [0.1, 0.15) is 18.1 Å². The monoisotopic (exact) mass is 396 g/mol. The number of carbonyl (C=O) groups excluding carboxylic acids is 1. The quantitative estimate of drug-likeness (QED) is 0.581. The van der Waals surface area contributed by atoms with Crippen LogP contribution in [-0.2, 0) is 17.6 Å². The Kier molecular flexibility index (Phi) is 5.56. The number of nitrogens with zero attached hydrogens (tertiary/aromatic N) is 1. The van der Waals surface area contributed by atoms with Crippen molar-refractivity contribution in [3.63, 3.8) is 0 Å². The van der Waals surface area contributed by atoms with E-state index in [1.165, 1.54) is 28.2 Å². The molecular weight excluding hydrogens is 383 g/mol. The lowest BCUT2D eigenvalue weighted by Crippen LogP contribution is -2.14. The van der Waals surface area contributed by atoms with E-state index in [0.29, 0.717) is 20.2 Å². The van der Waals surface area contributed by atoms with Crippen LogP contribution in [0.4, 0.5) is 5.13 Å². The highest BCUT2D eigenvalue weighted by Gasteiger charge is 2.13. The van der Waals surface area contributed by atoms with Crippen LogP contribution < -0.4 is 5.32 Å². The molecule has 0 saturated carbocycles. The van der Waals surface area contributed by atoms with Crippen molar-refractivity contribution in [3.8, 4) is 11.3 Å². The summed E-state index contributed by atoms with van der Waals surface area (Å²) in [5.74, 6) is -0.0883. The maximum Gasteiger partial charge on any atom is 0.230 e. The first-order chi connectivity index (χ1) is 11.5. The molecule has 0 aliphatic carbocycles. The van der Waals surface area contributed by atoms with Crippen molar-refractivity contribution in [3.05, 3.63) is 55.5 Å². The van der Waals surface area contributed by atoms with Gasteiger partial charge in [-0.2, -0.15) is 0 Å². The fourth-order valence-corrected chi connectivity index (χ4v) is 4.42. The average Bonchev–Trinajstić information content (AvgIpc) is 3.14. The minimum Gasteiger partial charge on any atom is -0.302 e. The van der Waals surface area contributed by atoms with Crippen LogP contribution in [0.5, 0.6) is 0 Å². The number of aryl methyl sites for hydroxylation is 1. The predicted molar refractivity (Wildman–Crippen MR) is 104 cm³/mol.